The molecule has 150 valence electrons. The van der Waals surface area contributed by atoms with Crippen LogP contribution < -0.4 is 14.8 Å². The Labute approximate surface area is 174 Å². The van der Waals surface area contributed by atoms with Gasteiger partial charge >= 0.3 is 6.03 Å². The van der Waals surface area contributed by atoms with Crippen molar-refractivity contribution in [2.75, 3.05) is 20.8 Å². The van der Waals surface area contributed by atoms with Crippen LogP contribution in [0.15, 0.2) is 60.0 Å². The molecule has 6 heteroatoms. The maximum atomic E-state index is 13.1. The molecule has 2 heterocycles. The van der Waals surface area contributed by atoms with Gasteiger partial charge in [-0.3, -0.25) is 0 Å². The lowest BCUT2D eigenvalue weighted by molar-refractivity contribution is 0.180. The molecule has 5 nitrogen and oxygen atoms in total. The van der Waals surface area contributed by atoms with Crippen LogP contribution in [0.25, 0.3) is 0 Å². The molecule has 1 aliphatic rings. The highest BCUT2D eigenvalue weighted by molar-refractivity contribution is 7.10. The third-order valence-electron chi connectivity index (χ3n) is 5.23. The minimum absolute atomic E-state index is 0.0587. The molecule has 3 aromatic rings. The number of thiophene rings is 1. The van der Waals surface area contributed by atoms with E-state index in [1.165, 1.54) is 10.4 Å². The number of carbonyl (C=O) groups is 1. The van der Waals surface area contributed by atoms with E-state index in [0.29, 0.717) is 24.6 Å². The van der Waals surface area contributed by atoms with E-state index in [1.54, 1.807) is 25.6 Å². The van der Waals surface area contributed by atoms with Gasteiger partial charge in [-0.2, -0.15) is 0 Å². The molecular weight excluding hydrogens is 384 g/mol. The summed E-state index contributed by atoms with van der Waals surface area (Å²) in [5.41, 5.74) is 3.32. The largest absolute Gasteiger partial charge is 0.493 e. The number of hydrogen-bond acceptors (Lipinski definition) is 4. The monoisotopic (exact) mass is 408 g/mol. The van der Waals surface area contributed by atoms with Crippen molar-refractivity contribution in [2.24, 2.45) is 0 Å². The molecule has 0 spiro atoms. The van der Waals surface area contributed by atoms with Crippen LogP contribution in [0.3, 0.4) is 0 Å². The Hall–Kier alpha value is -2.99. The van der Waals surface area contributed by atoms with E-state index in [4.69, 9.17) is 9.47 Å². The third kappa shape index (κ3) is 3.93. The highest BCUT2D eigenvalue weighted by Gasteiger charge is 2.32. The van der Waals surface area contributed by atoms with E-state index in [9.17, 15) is 4.79 Å². The van der Waals surface area contributed by atoms with Crippen molar-refractivity contribution in [3.8, 4) is 11.5 Å². The summed E-state index contributed by atoms with van der Waals surface area (Å²) in [5, 5.41) is 5.19. The number of rotatable bonds is 5. The molecule has 4 rings (SSSR count). The predicted octanol–water partition coefficient (Wildman–Crippen LogP) is 4.62. The van der Waals surface area contributed by atoms with Crippen molar-refractivity contribution in [1.29, 1.82) is 0 Å². The summed E-state index contributed by atoms with van der Waals surface area (Å²) >= 11 is 1.77. The maximum Gasteiger partial charge on any atom is 0.318 e. The van der Waals surface area contributed by atoms with Crippen molar-refractivity contribution in [3.05, 3.63) is 81.5 Å². The van der Waals surface area contributed by atoms with E-state index in [1.807, 2.05) is 41.3 Å². The van der Waals surface area contributed by atoms with Gasteiger partial charge in [0.25, 0.3) is 0 Å². The van der Waals surface area contributed by atoms with Gasteiger partial charge in [-0.1, -0.05) is 36.4 Å². The number of hydrogen-bond donors (Lipinski definition) is 1. The molecule has 1 aromatic heterocycles. The Morgan fingerprint density at radius 3 is 2.66 bits per heavy atom. The van der Waals surface area contributed by atoms with Gasteiger partial charge in [0.05, 0.1) is 20.3 Å². The van der Waals surface area contributed by atoms with E-state index in [0.717, 1.165) is 17.5 Å². The molecule has 29 heavy (non-hydrogen) atoms. The van der Waals surface area contributed by atoms with Crippen molar-refractivity contribution in [2.45, 2.75) is 19.0 Å². The van der Waals surface area contributed by atoms with Crippen LogP contribution in [-0.4, -0.2) is 31.7 Å². The molecule has 0 saturated carbocycles. The molecular formula is C23H24N2O3S. The zero-order chi connectivity index (χ0) is 20.2. The molecule has 0 radical (unpaired) electrons. The van der Waals surface area contributed by atoms with Crippen LogP contribution in [0.1, 0.15) is 27.6 Å². The summed E-state index contributed by atoms with van der Waals surface area (Å²) in [6.45, 7) is 1.12. The molecule has 0 bridgehead atoms. The Bertz CT molecular complexity index is 987. The normalized spacial score (nSPS) is 15.5. The van der Waals surface area contributed by atoms with Gasteiger partial charge in [-0.15, -0.1) is 11.3 Å². The standard InChI is InChI=1S/C23H24N2O3S/c1-27-19-9-8-16(14-20(19)28-2)15-24-23(26)25-12-10-21-18(11-13-29-21)22(25)17-6-4-3-5-7-17/h3-9,11,13-14,22H,10,12,15H2,1-2H3,(H,24,26). The maximum absolute atomic E-state index is 13.1. The van der Waals surface area contributed by atoms with Crippen LogP contribution in [0.5, 0.6) is 11.5 Å². The molecule has 1 N–H and O–H groups in total. The van der Waals surface area contributed by atoms with Crippen molar-refractivity contribution < 1.29 is 14.3 Å². The molecule has 1 atom stereocenters. The Morgan fingerprint density at radius 2 is 1.90 bits per heavy atom. The van der Waals surface area contributed by atoms with Crippen molar-refractivity contribution in [3.63, 3.8) is 0 Å². The highest BCUT2D eigenvalue weighted by atomic mass is 32.1. The summed E-state index contributed by atoms with van der Waals surface area (Å²) in [4.78, 5) is 16.4. The number of methoxy groups -OCH3 is 2. The number of urea groups is 1. The molecule has 0 aliphatic carbocycles. The van der Waals surface area contributed by atoms with Crippen LogP contribution in [0, 0.1) is 0 Å². The fourth-order valence-corrected chi connectivity index (χ4v) is 4.70. The number of ether oxygens (including phenoxy) is 2. The van der Waals surface area contributed by atoms with Gasteiger partial charge in [0.15, 0.2) is 11.5 Å². The predicted molar refractivity (Wildman–Crippen MR) is 115 cm³/mol. The Kier molecular flexibility index (Phi) is 5.71. The minimum Gasteiger partial charge on any atom is -0.493 e. The fraction of sp³-hybridized carbons (Fsp3) is 0.261. The SMILES string of the molecule is COc1ccc(CNC(=O)N2CCc3sccc3C2c2ccccc2)cc1OC. The van der Waals surface area contributed by atoms with E-state index >= 15 is 0 Å². The first-order valence-corrected chi connectivity index (χ1v) is 10.5. The van der Waals surface area contributed by atoms with Crippen LogP contribution >= 0.6 is 11.3 Å². The lowest BCUT2D eigenvalue weighted by Crippen LogP contribution is -2.45. The first kappa shape index (κ1) is 19.3. The topological polar surface area (TPSA) is 50.8 Å². The number of nitrogens with zero attached hydrogens (tertiary/aromatic N) is 1. The zero-order valence-corrected chi connectivity index (χ0v) is 17.4. The average Bonchev–Trinajstić information content (AvgIpc) is 3.26. The Balaban J connectivity index is 1.53. The highest BCUT2D eigenvalue weighted by Crippen LogP contribution is 2.37. The summed E-state index contributed by atoms with van der Waals surface area (Å²) < 4.78 is 10.6. The second-order valence-corrected chi connectivity index (χ2v) is 7.90. The summed E-state index contributed by atoms with van der Waals surface area (Å²) in [7, 11) is 3.22. The minimum atomic E-state index is -0.0644. The summed E-state index contributed by atoms with van der Waals surface area (Å²) in [6, 6.07) is 17.9. The molecule has 0 fully saturated rings. The van der Waals surface area contributed by atoms with Crippen molar-refractivity contribution >= 4 is 17.4 Å². The number of nitrogens with one attached hydrogen (secondary N) is 1. The second-order valence-electron chi connectivity index (χ2n) is 6.90. The quantitative estimate of drug-likeness (QED) is 0.670. The van der Waals surface area contributed by atoms with Crippen LogP contribution in [0.4, 0.5) is 4.79 Å². The lowest BCUT2D eigenvalue weighted by Gasteiger charge is -2.36. The van der Waals surface area contributed by atoms with Gasteiger partial charge in [0, 0.05) is 18.0 Å². The zero-order valence-electron chi connectivity index (χ0n) is 16.6. The van der Waals surface area contributed by atoms with Crippen molar-refractivity contribution in [1.82, 2.24) is 10.2 Å². The fourth-order valence-electron chi connectivity index (χ4n) is 3.80. The molecule has 0 saturated heterocycles. The van der Waals surface area contributed by atoms with Gasteiger partial charge < -0.3 is 19.7 Å². The van der Waals surface area contributed by atoms with Crippen LogP contribution in [-0.2, 0) is 13.0 Å². The van der Waals surface area contributed by atoms with E-state index < -0.39 is 0 Å². The lowest BCUT2D eigenvalue weighted by atomic mass is 9.93. The average molecular weight is 409 g/mol. The smallest absolute Gasteiger partial charge is 0.318 e. The summed E-state index contributed by atoms with van der Waals surface area (Å²) in [6.07, 6.45) is 0.889. The second kappa shape index (κ2) is 8.57. The van der Waals surface area contributed by atoms with E-state index in [2.05, 4.69) is 28.9 Å². The number of amides is 2. The molecule has 1 unspecified atom stereocenters. The summed E-state index contributed by atoms with van der Waals surface area (Å²) in [5.74, 6) is 1.33. The first-order valence-electron chi connectivity index (χ1n) is 9.58. The Morgan fingerprint density at radius 1 is 1.10 bits per heavy atom. The number of carbonyl (C=O) groups excluding carboxylic acids is 1. The number of fused-ring (bicyclic) bond motifs is 1. The van der Waals surface area contributed by atoms with Gasteiger partial charge in [-0.25, -0.2) is 4.79 Å². The van der Waals surface area contributed by atoms with E-state index in [-0.39, 0.29) is 12.1 Å². The van der Waals surface area contributed by atoms with Crippen LogP contribution in [0.2, 0.25) is 0 Å². The number of benzene rings is 2. The first-order chi connectivity index (χ1) is 14.2. The molecule has 2 aromatic carbocycles. The van der Waals surface area contributed by atoms with Gasteiger partial charge in [0.2, 0.25) is 0 Å². The molecule has 2 amide bonds. The van der Waals surface area contributed by atoms with Gasteiger partial charge in [0.1, 0.15) is 0 Å². The van der Waals surface area contributed by atoms with Gasteiger partial charge in [-0.05, 0) is 46.7 Å². The third-order valence-corrected chi connectivity index (χ3v) is 6.23. The molecule has 1 aliphatic heterocycles.